The lowest BCUT2D eigenvalue weighted by Crippen LogP contribution is -2.44. The summed E-state index contributed by atoms with van der Waals surface area (Å²) in [5.74, 6) is -1.82. The number of hydrogen-bond acceptors (Lipinski definition) is 14. The molecule has 1 atom stereocenters. The summed E-state index contributed by atoms with van der Waals surface area (Å²) in [7, 11) is 0. The maximum atomic E-state index is 15.5. The highest BCUT2D eigenvalue weighted by atomic mass is 16.6. The standard InChI is InChI=1S/C108H168O14/c1-32-33-34-35-36-37-38-39-40-41-42-43-44-45-46-47-48-77(57-76-66-84(104(20,21)22)95(116)85(67-76)105(23,24)25)97(117)122-96-86(106(26,27)28)64-75(65-87(96)107(29,30)31)52-56-91(112)121-71-108(68-118-88(109)53-49-72-58-78(98(2,3)4)92(113)79(59-72)99(5,6)7,69-119-89(110)54-50-73-60-80(100(8,9)10)93(114)81(61-73)101(11,12)13)70-120-90(111)55-51-74-62-82(102(14,15)16)94(115)83(63-74)103(17,18)19/h58-67,77,113-116H,32-57,68-71H2,1-31H3. The molecule has 5 aromatic carbocycles. The number of unbranched alkanes of at least 4 members (excludes halogenated alkanes) is 15. The van der Waals surface area contributed by atoms with Gasteiger partial charge in [0.15, 0.2) is 0 Å². The zero-order chi connectivity index (χ0) is 92.3. The molecule has 5 aromatic rings. The molecule has 1 unspecified atom stereocenters. The van der Waals surface area contributed by atoms with Gasteiger partial charge in [-0.05, 0) is 165 Å². The average molecular weight is 1690 g/mol. The van der Waals surface area contributed by atoms with Crippen molar-refractivity contribution >= 4 is 29.8 Å². The summed E-state index contributed by atoms with van der Waals surface area (Å²) in [4.78, 5) is 73.8. The summed E-state index contributed by atoms with van der Waals surface area (Å²) in [6.07, 6.45) is 21.6. The summed E-state index contributed by atoms with van der Waals surface area (Å²) in [5, 5.41) is 46.7. The van der Waals surface area contributed by atoms with Crippen LogP contribution in [0.3, 0.4) is 0 Å². The highest BCUT2D eigenvalue weighted by molar-refractivity contribution is 5.77. The summed E-state index contributed by atoms with van der Waals surface area (Å²) >= 11 is 0. The zero-order valence-corrected chi connectivity index (χ0v) is 82.4. The Morgan fingerprint density at radius 1 is 0.270 bits per heavy atom. The minimum Gasteiger partial charge on any atom is -0.507 e. The molecule has 0 bridgehead atoms. The number of carbonyl (C=O) groups excluding carboxylic acids is 5. The molecule has 0 aromatic heterocycles. The van der Waals surface area contributed by atoms with Crippen LogP contribution in [0.4, 0.5) is 0 Å². The van der Waals surface area contributed by atoms with Gasteiger partial charge in [-0.25, -0.2) is 0 Å². The Morgan fingerprint density at radius 2 is 0.459 bits per heavy atom. The van der Waals surface area contributed by atoms with Gasteiger partial charge in [-0.2, -0.15) is 0 Å². The minimum absolute atomic E-state index is 0.0885. The molecular formula is C108H168O14. The molecule has 0 radical (unpaired) electrons. The van der Waals surface area contributed by atoms with Crippen LogP contribution in [-0.4, -0.2) is 76.7 Å². The predicted molar refractivity (Wildman–Crippen MR) is 502 cm³/mol. The van der Waals surface area contributed by atoms with E-state index in [-0.39, 0.29) is 85.4 Å². The van der Waals surface area contributed by atoms with Gasteiger partial charge in [0.25, 0.3) is 0 Å². The van der Waals surface area contributed by atoms with Crippen LogP contribution in [0.15, 0.2) is 60.7 Å². The van der Waals surface area contributed by atoms with Crippen molar-refractivity contribution < 1.29 is 68.1 Å². The predicted octanol–water partition coefficient (Wildman–Crippen LogP) is 26.9. The lowest BCUT2D eigenvalue weighted by Gasteiger charge is -2.32. The number of benzene rings is 5. The quantitative estimate of drug-likeness (QED) is 0.0124. The number of ether oxygens (including phenoxy) is 5. The van der Waals surface area contributed by atoms with Gasteiger partial charge in [-0.1, -0.05) is 378 Å². The number of phenols is 4. The highest BCUT2D eigenvalue weighted by Gasteiger charge is 2.40. The maximum Gasteiger partial charge on any atom is 0.314 e. The van der Waals surface area contributed by atoms with Gasteiger partial charge >= 0.3 is 29.8 Å². The van der Waals surface area contributed by atoms with Crippen LogP contribution in [0.1, 0.15) is 433 Å². The fraction of sp³-hybridized carbons (Fsp3) is 0.676. The molecule has 0 amide bonds. The third-order valence-corrected chi connectivity index (χ3v) is 24.0. The van der Waals surface area contributed by atoms with Gasteiger partial charge in [-0.3, -0.25) is 24.0 Å². The van der Waals surface area contributed by atoms with Crippen LogP contribution < -0.4 is 4.74 Å². The van der Waals surface area contributed by atoms with E-state index >= 15 is 4.79 Å². The third-order valence-electron chi connectivity index (χ3n) is 24.0. The molecule has 0 fully saturated rings. The maximum absolute atomic E-state index is 15.5. The molecule has 14 nitrogen and oxygen atoms in total. The molecule has 4 N–H and O–H groups in total. The number of phenolic OH excluding ortho intramolecular Hbond substituents is 4. The molecular weight excluding hydrogens is 1520 g/mol. The van der Waals surface area contributed by atoms with E-state index in [9.17, 15) is 39.6 Å². The monoisotopic (exact) mass is 1690 g/mol. The lowest BCUT2D eigenvalue weighted by atomic mass is 9.77. The Balaban J connectivity index is 1.55. The molecule has 5 rings (SSSR count). The van der Waals surface area contributed by atoms with E-state index in [1.165, 1.54) is 83.5 Å². The first-order chi connectivity index (χ1) is 56.0. The second-order valence-corrected chi connectivity index (χ2v) is 46.2. The fourth-order valence-electron chi connectivity index (χ4n) is 16.1. The smallest absolute Gasteiger partial charge is 0.314 e. The largest absolute Gasteiger partial charge is 0.507 e. The summed E-state index contributed by atoms with van der Waals surface area (Å²) in [6, 6.07) is 19.8. The second kappa shape index (κ2) is 43.7. The molecule has 0 aliphatic heterocycles. The van der Waals surface area contributed by atoms with Crippen molar-refractivity contribution in [2.45, 2.75) is 436 Å². The molecule has 0 aliphatic rings. The summed E-state index contributed by atoms with van der Waals surface area (Å²) in [6.45, 7) is 62.1. The second-order valence-electron chi connectivity index (χ2n) is 46.2. The minimum atomic E-state index is -1.65. The van der Waals surface area contributed by atoms with Gasteiger partial charge in [0.1, 0.15) is 60.6 Å². The molecule has 0 saturated heterocycles. The van der Waals surface area contributed by atoms with Crippen LogP contribution in [0.2, 0.25) is 0 Å². The normalized spacial score (nSPS) is 13.3. The highest BCUT2D eigenvalue weighted by Crippen LogP contribution is 2.47. The number of esters is 5. The van der Waals surface area contributed by atoms with Crippen molar-refractivity contribution in [3.8, 4) is 28.7 Å². The molecule has 0 aliphatic carbocycles. The first kappa shape index (κ1) is 105. The average Bonchev–Trinajstić information content (AvgIpc) is 0.760. The molecule has 122 heavy (non-hydrogen) atoms. The van der Waals surface area contributed by atoms with Crippen molar-refractivity contribution in [1.29, 1.82) is 0 Å². The number of aromatic hydroxyl groups is 4. The Labute approximate surface area is 740 Å². The van der Waals surface area contributed by atoms with Gasteiger partial charge < -0.3 is 44.1 Å². The van der Waals surface area contributed by atoms with E-state index in [1.54, 1.807) is 0 Å². The van der Waals surface area contributed by atoms with Crippen LogP contribution in [0.5, 0.6) is 28.7 Å². The summed E-state index contributed by atoms with van der Waals surface area (Å²) in [5.41, 5.74) is 5.98. The van der Waals surface area contributed by atoms with Crippen molar-refractivity contribution in [3.63, 3.8) is 0 Å². The lowest BCUT2D eigenvalue weighted by molar-refractivity contribution is -0.170. The number of rotatable bonds is 41. The van der Waals surface area contributed by atoms with Crippen LogP contribution in [0, 0.1) is 11.3 Å². The van der Waals surface area contributed by atoms with E-state index in [4.69, 9.17) is 23.7 Å². The Bertz CT molecular complexity index is 3840. The van der Waals surface area contributed by atoms with Crippen molar-refractivity contribution in [1.82, 2.24) is 0 Å². The molecule has 0 spiro atoms. The van der Waals surface area contributed by atoms with Crippen molar-refractivity contribution in [2.75, 3.05) is 26.4 Å². The Hall–Kier alpha value is -7.35. The van der Waals surface area contributed by atoms with E-state index in [2.05, 4.69) is 102 Å². The van der Waals surface area contributed by atoms with Crippen LogP contribution in [-0.2, 0) is 129 Å². The topological polar surface area (TPSA) is 212 Å². The number of carbonyl (C=O) groups is 5. The number of aryl methyl sites for hydroxylation is 4. The van der Waals surface area contributed by atoms with E-state index < -0.39 is 105 Å². The van der Waals surface area contributed by atoms with E-state index in [0.29, 0.717) is 24.3 Å². The van der Waals surface area contributed by atoms with Gasteiger partial charge in [0.2, 0.25) is 0 Å². The first-order valence-electron chi connectivity index (χ1n) is 46.5. The first-order valence-corrected chi connectivity index (χ1v) is 46.5. The molecule has 0 heterocycles. The molecule has 684 valence electrons. The molecule has 14 heteroatoms. The van der Waals surface area contributed by atoms with Crippen LogP contribution in [0.25, 0.3) is 0 Å². The van der Waals surface area contributed by atoms with Crippen LogP contribution >= 0.6 is 0 Å². The molecule has 0 saturated carbocycles. The van der Waals surface area contributed by atoms with Gasteiger partial charge in [0.05, 0.1) is 5.92 Å². The zero-order valence-electron chi connectivity index (χ0n) is 82.4. The third kappa shape index (κ3) is 32.9. The summed E-state index contributed by atoms with van der Waals surface area (Å²) < 4.78 is 32.1. The SMILES string of the molecule is CCCCCCCCCCCCCCCCCCC(Cc1cc(C(C)(C)C)c(O)c(C(C)(C)C)c1)C(=O)Oc1c(C(C)(C)C)cc(CCC(=O)OCC(COC(=O)CCc2cc(C(C)(C)C)c(O)c(C(C)(C)C)c2)(COC(=O)CCc2cc(C(C)(C)C)c(O)c(C(C)(C)C)c2)COC(=O)CCc2cc(C(C)(C)C)c(O)c(C(C)(C)C)c2)cc1C(C)(C)C. The number of hydrogen-bond donors (Lipinski definition) is 4. The Morgan fingerprint density at radius 3 is 0.664 bits per heavy atom. The fourth-order valence-corrected chi connectivity index (χ4v) is 16.1. The van der Waals surface area contributed by atoms with Gasteiger partial charge in [-0.15, -0.1) is 0 Å². The van der Waals surface area contributed by atoms with Gasteiger partial charge in [0, 0.05) is 36.8 Å². The van der Waals surface area contributed by atoms with Crippen molar-refractivity contribution in [3.05, 3.63) is 144 Å². The Kier molecular flexibility index (Phi) is 37.7. The van der Waals surface area contributed by atoms with E-state index in [0.717, 1.165) is 103 Å². The van der Waals surface area contributed by atoms with Crippen molar-refractivity contribution in [2.24, 2.45) is 11.3 Å². The van der Waals surface area contributed by atoms with E-state index in [1.807, 2.05) is 173 Å².